The Hall–Kier alpha value is -0.160. The van der Waals surface area contributed by atoms with Crippen molar-refractivity contribution in [2.45, 2.75) is 122 Å². The number of rotatable bonds is 12. The minimum Gasteiger partial charge on any atom is -0.302 e. The van der Waals surface area contributed by atoms with E-state index in [1.54, 1.807) is 0 Å². The molecule has 2 rings (SSSR count). The molecule has 2 aliphatic rings. The number of hydrogen-bond donors (Lipinski definition) is 4. The Morgan fingerprint density at radius 1 is 0.600 bits per heavy atom. The smallest absolute Gasteiger partial charge is 0.0544 e. The summed E-state index contributed by atoms with van der Waals surface area (Å²) in [6.45, 7) is 6.82. The first-order chi connectivity index (χ1) is 12.2. The molecular weight excluding hydrogens is 308 g/mol. The fraction of sp³-hybridized carbons (Fsp3) is 1.00. The van der Waals surface area contributed by atoms with E-state index in [0.717, 1.165) is 25.2 Å². The molecule has 0 aromatic rings. The van der Waals surface area contributed by atoms with Gasteiger partial charge in [-0.25, -0.2) is 0 Å². The van der Waals surface area contributed by atoms with Gasteiger partial charge >= 0.3 is 0 Å². The Morgan fingerprint density at radius 3 is 1.40 bits per heavy atom. The van der Waals surface area contributed by atoms with Crippen molar-refractivity contribution in [2.75, 3.05) is 13.1 Å². The van der Waals surface area contributed by atoms with E-state index in [-0.39, 0.29) is 0 Å². The van der Waals surface area contributed by atoms with Crippen LogP contribution in [0.2, 0.25) is 0 Å². The maximum Gasteiger partial charge on any atom is 0.0544 e. The summed E-state index contributed by atoms with van der Waals surface area (Å²) in [7, 11) is 0. The molecule has 0 aromatic carbocycles. The third-order valence-electron chi connectivity index (χ3n) is 5.94. The van der Waals surface area contributed by atoms with Gasteiger partial charge in [0.1, 0.15) is 0 Å². The number of unbranched alkanes of at least 4 members (excludes halogenated alkanes) is 2. The molecule has 0 radical (unpaired) electrons. The second-order valence-electron chi connectivity index (χ2n) is 8.42. The van der Waals surface area contributed by atoms with Gasteiger partial charge in [-0.1, -0.05) is 44.9 Å². The van der Waals surface area contributed by atoms with Crippen molar-refractivity contribution in [1.29, 1.82) is 0 Å². The Bertz CT molecular complexity index is 281. The fourth-order valence-electron chi connectivity index (χ4n) is 4.43. The van der Waals surface area contributed by atoms with E-state index in [0.29, 0.717) is 12.3 Å². The van der Waals surface area contributed by atoms with Crippen LogP contribution in [0.25, 0.3) is 0 Å². The average Bonchev–Trinajstić information content (AvgIpc) is 2.62. The van der Waals surface area contributed by atoms with E-state index in [9.17, 15) is 0 Å². The van der Waals surface area contributed by atoms with Crippen molar-refractivity contribution in [1.82, 2.24) is 21.3 Å². The van der Waals surface area contributed by atoms with E-state index in [1.807, 2.05) is 0 Å². The van der Waals surface area contributed by atoms with Crippen LogP contribution >= 0.6 is 0 Å². The average molecular weight is 353 g/mol. The predicted octanol–water partition coefficient (Wildman–Crippen LogP) is 3.87. The van der Waals surface area contributed by atoms with Gasteiger partial charge in [-0.3, -0.25) is 10.6 Å². The quantitative estimate of drug-likeness (QED) is 0.318. The van der Waals surface area contributed by atoms with E-state index in [1.165, 1.54) is 83.5 Å². The SMILES string of the molecule is CC(NCCCCCNC(C)NC1CCCCC1)NC1CCCCC1. The van der Waals surface area contributed by atoms with Gasteiger partial charge in [0.15, 0.2) is 0 Å². The van der Waals surface area contributed by atoms with Crippen molar-refractivity contribution in [3.05, 3.63) is 0 Å². The first-order valence-corrected chi connectivity index (χ1v) is 11.2. The van der Waals surface area contributed by atoms with Gasteiger partial charge in [0.25, 0.3) is 0 Å². The summed E-state index contributed by atoms with van der Waals surface area (Å²) in [5.41, 5.74) is 0. The van der Waals surface area contributed by atoms with Crippen molar-refractivity contribution in [3.8, 4) is 0 Å². The summed E-state index contributed by atoms with van der Waals surface area (Å²) >= 11 is 0. The highest BCUT2D eigenvalue weighted by Crippen LogP contribution is 2.18. The van der Waals surface area contributed by atoms with Gasteiger partial charge < -0.3 is 10.6 Å². The molecule has 4 N–H and O–H groups in total. The molecule has 2 atom stereocenters. The summed E-state index contributed by atoms with van der Waals surface area (Å²) in [6, 6.07) is 1.50. The Labute approximate surface area is 156 Å². The van der Waals surface area contributed by atoms with Crippen LogP contribution in [0.5, 0.6) is 0 Å². The highest BCUT2D eigenvalue weighted by molar-refractivity contribution is 4.75. The van der Waals surface area contributed by atoms with E-state index in [2.05, 4.69) is 35.1 Å². The van der Waals surface area contributed by atoms with Crippen molar-refractivity contribution in [2.24, 2.45) is 0 Å². The number of hydrogen-bond acceptors (Lipinski definition) is 4. The summed E-state index contributed by atoms with van der Waals surface area (Å²) in [6.07, 6.45) is 18.8. The lowest BCUT2D eigenvalue weighted by molar-refractivity contribution is 0.314. The molecule has 0 heterocycles. The molecule has 2 saturated carbocycles. The molecule has 0 saturated heterocycles. The van der Waals surface area contributed by atoms with E-state index >= 15 is 0 Å². The molecular formula is C21H44N4. The van der Waals surface area contributed by atoms with E-state index in [4.69, 9.17) is 0 Å². The number of nitrogens with one attached hydrogen (secondary N) is 4. The van der Waals surface area contributed by atoms with Gasteiger partial charge in [0, 0.05) is 12.1 Å². The fourth-order valence-corrected chi connectivity index (χ4v) is 4.43. The third kappa shape index (κ3) is 9.93. The zero-order chi connectivity index (χ0) is 17.7. The van der Waals surface area contributed by atoms with Gasteiger partial charge in [0.05, 0.1) is 12.3 Å². The second-order valence-corrected chi connectivity index (χ2v) is 8.42. The lowest BCUT2D eigenvalue weighted by atomic mass is 9.95. The molecule has 0 aromatic heterocycles. The van der Waals surface area contributed by atoms with Gasteiger partial charge in [-0.2, -0.15) is 0 Å². The molecule has 25 heavy (non-hydrogen) atoms. The molecule has 148 valence electrons. The van der Waals surface area contributed by atoms with Gasteiger partial charge in [-0.05, 0) is 65.5 Å². The Kier molecular flexibility index (Phi) is 11.1. The maximum atomic E-state index is 3.74. The molecule has 2 unspecified atom stereocenters. The molecule has 2 aliphatic carbocycles. The normalized spacial score (nSPS) is 22.8. The van der Waals surface area contributed by atoms with Crippen LogP contribution in [0.4, 0.5) is 0 Å². The van der Waals surface area contributed by atoms with Crippen LogP contribution < -0.4 is 21.3 Å². The topological polar surface area (TPSA) is 48.1 Å². The van der Waals surface area contributed by atoms with Crippen LogP contribution in [-0.2, 0) is 0 Å². The molecule has 0 amide bonds. The molecule has 2 fully saturated rings. The largest absolute Gasteiger partial charge is 0.302 e. The minimum atomic E-state index is 0.459. The first-order valence-electron chi connectivity index (χ1n) is 11.2. The summed E-state index contributed by atoms with van der Waals surface area (Å²) in [5.74, 6) is 0. The molecule has 4 heteroatoms. The highest BCUT2D eigenvalue weighted by atomic mass is 15.1. The lowest BCUT2D eigenvalue weighted by Crippen LogP contribution is -2.46. The maximum absolute atomic E-state index is 3.74. The molecule has 0 spiro atoms. The summed E-state index contributed by atoms with van der Waals surface area (Å²) < 4.78 is 0. The van der Waals surface area contributed by atoms with Gasteiger partial charge in [-0.15, -0.1) is 0 Å². The second kappa shape index (κ2) is 13.1. The predicted molar refractivity (Wildman–Crippen MR) is 109 cm³/mol. The van der Waals surface area contributed by atoms with E-state index < -0.39 is 0 Å². The Balaban J connectivity index is 1.37. The van der Waals surface area contributed by atoms with Crippen LogP contribution in [0.15, 0.2) is 0 Å². The monoisotopic (exact) mass is 352 g/mol. The summed E-state index contributed by atoms with van der Waals surface area (Å²) in [5, 5.41) is 14.8. The first kappa shape index (κ1) is 21.1. The van der Waals surface area contributed by atoms with Crippen molar-refractivity contribution in [3.63, 3.8) is 0 Å². The van der Waals surface area contributed by atoms with Crippen LogP contribution in [-0.4, -0.2) is 37.5 Å². The van der Waals surface area contributed by atoms with Gasteiger partial charge in [0.2, 0.25) is 0 Å². The van der Waals surface area contributed by atoms with Crippen LogP contribution in [0.1, 0.15) is 97.3 Å². The highest BCUT2D eigenvalue weighted by Gasteiger charge is 2.15. The molecule has 0 bridgehead atoms. The van der Waals surface area contributed by atoms with Crippen molar-refractivity contribution >= 4 is 0 Å². The summed E-state index contributed by atoms with van der Waals surface area (Å²) in [4.78, 5) is 0. The molecule has 0 aliphatic heterocycles. The van der Waals surface area contributed by atoms with Crippen LogP contribution in [0.3, 0.4) is 0 Å². The van der Waals surface area contributed by atoms with Crippen molar-refractivity contribution < 1.29 is 0 Å². The minimum absolute atomic E-state index is 0.459. The molecule has 4 nitrogen and oxygen atoms in total. The third-order valence-corrected chi connectivity index (χ3v) is 5.94. The Morgan fingerprint density at radius 2 is 1.00 bits per heavy atom. The van der Waals surface area contributed by atoms with Crippen LogP contribution in [0, 0.1) is 0 Å². The standard InChI is InChI=1S/C21H44N4/c1-18(24-20-12-6-3-7-13-20)22-16-10-5-11-17-23-19(2)25-21-14-8-4-9-15-21/h18-25H,3-17H2,1-2H3. The lowest BCUT2D eigenvalue weighted by Gasteiger charge is -2.27. The zero-order valence-corrected chi connectivity index (χ0v) is 16.9. The zero-order valence-electron chi connectivity index (χ0n) is 16.9.